The summed E-state index contributed by atoms with van der Waals surface area (Å²) in [5.74, 6) is 1.38. The monoisotopic (exact) mass is 672 g/mol. The maximum atomic E-state index is 11.1. The minimum atomic E-state index is 0.293. The number of azo groups is 2. The summed E-state index contributed by atoms with van der Waals surface area (Å²) >= 11 is 0. The number of hydrogen-bond acceptors (Lipinski definition) is 8. The molecule has 10 nitrogen and oxygen atoms in total. The van der Waals surface area contributed by atoms with Gasteiger partial charge in [0.15, 0.2) is 23.8 Å². The second kappa shape index (κ2) is 14.5. The molecule has 8 rings (SSSR count). The predicted octanol–water partition coefficient (Wildman–Crippen LogP) is 8.16. The van der Waals surface area contributed by atoms with Gasteiger partial charge < -0.3 is 20.0 Å². The standard InChI is InChI=1S/C40H46N8O2/c49-39-32-15-10-24-47-22-7-12-29(37(32)47)26-34(39)42-41-31-14-9-19-45(28-31)18-4-1-2-5-20-46-21-6-3-17-36(46)44-43-35-27-30-13-8-23-48-25-11-16-33(38(30)48)40(35)50/h3,6,9,14,17,19,21,26-28H,1-2,4-5,7-8,10-13,15-16,18,20,22-25H2/p+2. The van der Waals surface area contributed by atoms with Crippen LogP contribution in [-0.2, 0) is 38.8 Å². The van der Waals surface area contributed by atoms with Gasteiger partial charge in [-0.1, -0.05) is 6.07 Å². The largest absolute Gasteiger partial charge is 0.505 e. The van der Waals surface area contributed by atoms with Crippen LogP contribution in [0.4, 0.5) is 34.3 Å². The van der Waals surface area contributed by atoms with Gasteiger partial charge in [-0.25, -0.2) is 9.13 Å². The second-order valence-corrected chi connectivity index (χ2v) is 14.2. The number of unbranched alkanes of at least 4 members (excludes halogenated alkanes) is 3. The number of phenols is 2. The van der Waals surface area contributed by atoms with Crippen LogP contribution in [0.25, 0.3) is 0 Å². The summed E-state index contributed by atoms with van der Waals surface area (Å²) in [6.07, 6.45) is 18.8. The number of hydrogen-bond donors (Lipinski definition) is 2. The molecule has 6 heterocycles. The Balaban J connectivity index is 0.842. The van der Waals surface area contributed by atoms with Gasteiger partial charge in [-0.15, -0.1) is 10.2 Å². The van der Waals surface area contributed by atoms with Crippen molar-refractivity contribution in [1.82, 2.24) is 0 Å². The molecule has 4 aromatic rings. The van der Waals surface area contributed by atoms with Gasteiger partial charge in [0.1, 0.15) is 23.7 Å². The van der Waals surface area contributed by atoms with Crippen LogP contribution in [-0.4, -0.2) is 36.4 Å². The summed E-state index contributed by atoms with van der Waals surface area (Å²) < 4.78 is 4.33. The third-order valence-electron chi connectivity index (χ3n) is 10.8. The molecule has 0 spiro atoms. The number of aromatic hydroxyl groups is 2. The van der Waals surface area contributed by atoms with E-state index in [2.05, 4.69) is 51.8 Å². The van der Waals surface area contributed by atoms with Crippen LogP contribution in [0, 0.1) is 0 Å². The lowest BCUT2D eigenvalue weighted by Gasteiger charge is -2.37. The summed E-state index contributed by atoms with van der Waals surface area (Å²) in [6.45, 7) is 6.08. The Morgan fingerprint density at radius 3 is 1.86 bits per heavy atom. The van der Waals surface area contributed by atoms with Crippen LogP contribution in [0.1, 0.15) is 73.6 Å². The maximum absolute atomic E-state index is 11.1. The van der Waals surface area contributed by atoms with E-state index in [1.54, 1.807) is 0 Å². The zero-order chi connectivity index (χ0) is 33.9. The predicted molar refractivity (Wildman–Crippen MR) is 194 cm³/mol. The molecule has 10 heteroatoms. The SMILES string of the molecule is Oc1c(N=Nc2ccc[n+](CCCCCC[n+]3ccccc3N=Nc3cc4c5c(c3O)CCCN5CCC4)c2)cc2c3c1CCCN3CCC2. The number of nitrogens with zero attached hydrogens (tertiary/aromatic N) is 8. The first kappa shape index (κ1) is 32.4. The number of pyridine rings is 2. The molecular weight excluding hydrogens is 624 g/mol. The van der Waals surface area contributed by atoms with E-state index >= 15 is 0 Å². The van der Waals surface area contributed by atoms with Crippen LogP contribution in [0.2, 0.25) is 0 Å². The lowest BCUT2D eigenvalue weighted by atomic mass is 9.90. The average Bonchev–Trinajstić information content (AvgIpc) is 3.15. The van der Waals surface area contributed by atoms with Gasteiger partial charge in [0, 0.05) is 67.2 Å². The van der Waals surface area contributed by atoms with E-state index in [0.717, 1.165) is 139 Å². The minimum Gasteiger partial charge on any atom is -0.505 e. The molecule has 258 valence electrons. The van der Waals surface area contributed by atoms with Crippen molar-refractivity contribution in [3.8, 4) is 11.5 Å². The highest BCUT2D eigenvalue weighted by atomic mass is 16.3. The smallest absolute Gasteiger partial charge is 0.350 e. The van der Waals surface area contributed by atoms with Crippen LogP contribution in [0.3, 0.4) is 0 Å². The van der Waals surface area contributed by atoms with Crippen molar-refractivity contribution in [2.45, 2.75) is 90.1 Å². The summed E-state index contributed by atoms with van der Waals surface area (Å²) in [6, 6.07) is 14.1. The Kier molecular flexibility index (Phi) is 9.41. The Morgan fingerprint density at radius 2 is 1.20 bits per heavy atom. The summed E-state index contributed by atoms with van der Waals surface area (Å²) in [5.41, 5.74) is 9.10. The van der Waals surface area contributed by atoms with E-state index in [1.807, 2.05) is 48.7 Å². The van der Waals surface area contributed by atoms with Gasteiger partial charge in [-0.2, -0.15) is 0 Å². The molecule has 4 aliphatic rings. The molecule has 0 atom stereocenters. The molecular formula is C40H48N8O2+2. The van der Waals surface area contributed by atoms with Gasteiger partial charge in [0.2, 0.25) is 0 Å². The Labute approximate surface area is 294 Å². The normalized spacial score (nSPS) is 16.6. The van der Waals surface area contributed by atoms with Crippen molar-refractivity contribution < 1.29 is 19.3 Å². The topological polar surface area (TPSA) is 104 Å². The van der Waals surface area contributed by atoms with Crippen molar-refractivity contribution in [2.24, 2.45) is 20.5 Å². The molecule has 0 aliphatic carbocycles. The number of anilines is 2. The van der Waals surface area contributed by atoms with Gasteiger partial charge in [-0.3, -0.25) is 0 Å². The molecule has 0 saturated carbocycles. The van der Waals surface area contributed by atoms with Crippen molar-refractivity contribution >= 4 is 34.3 Å². The van der Waals surface area contributed by atoms with Crippen LogP contribution >= 0.6 is 0 Å². The van der Waals surface area contributed by atoms with E-state index in [4.69, 9.17) is 0 Å². The minimum absolute atomic E-state index is 0.293. The summed E-state index contributed by atoms with van der Waals surface area (Å²) in [7, 11) is 0. The molecule has 0 unspecified atom stereocenters. The zero-order valence-electron chi connectivity index (χ0n) is 29.0. The van der Waals surface area contributed by atoms with Gasteiger partial charge in [0.05, 0.1) is 17.9 Å². The highest BCUT2D eigenvalue weighted by Gasteiger charge is 2.29. The number of aryl methyl sites for hydroxylation is 4. The molecule has 4 aliphatic heterocycles. The van der Waals surface area contributed by atoms with Crippen molar-refractivity contribution in [3.63, 3.8) is 0 Å². The number of phenolic OH excluding ortho intramolecular Hbond substituents is 2. The van der Waals surface area contributed by atoms with Gasteiger partial charge >= 0.3 is 5.82 Å². The van der Waals surface area contributed by atoms with E-state index in [9.17, 15) is 10.2 Å². The number of benzene rings is 2. The molecule has 0 bridgehead atoms. The highest BCUT2D eigenvalue weighted by Crippen LogP contribution is 2.46. The third kappa shape index (κ3) is 6.67. The first-order chi connectivity index (χ1) is 24.6. The molecule has 0 saturated heterocycles. The number of aromatic nitrogens is 2. The lowest BCUT2D eigenvalue weighted by molar-refractivity contribution is -0.697. The first-order valence-corrected chi connectivity index (χ1v) is 18.7. The molecule has 2 N–H and O–H groups in total. The summed E-state index contributed by atoms with van der Waals surface area (Å²) in [5, 5.41) is 40.4. The zero-order valence-corrected chi connectivity index (χ0v) is 29.0. The molecule has 0 radical (unpaired) electrons. The molecule has 0 amide bonds. The van der Waals surface area contributed by atoms with E-state index in [-0.39, 0.29) is 0 Å². The molecule has 0 fully saturated rings. The summed E-state index contributed by atoms with van der Waals surface area (Å²) in [4.78, 5) is 4.85. The lowest BCUT2D eigenvalue weighted by Crippen LogP contribution is -2.34. The van der Waals surface area contributed by atoms with Crippen LogP contribution in [0.5, 0.6) is 11.5 Å². The van der Waals surface area contributed by atoms with Gasteiger partial charge in [0.25, 0.3) is 0 Å². The molecule has 2 aromatic heterocycles. The average molecular weight is 673 g/mol. The highest BCUT2D eigenvalue weighted by molar-refractivity contribution is 5.75. The van der Waals surface area contributed by atoms with E-state index in [1.165, 1.54) is 22.5 Å². The van der Waals surface area contributed by atoms with E-state index in [0.29, 0.717) is 22.9 Å². The van der Waals surface area contributed by atoms with Crippen molar-refractivity contribution in [1.29, 1.82) is 0 Å². The first-order valence-electron chi connectivity index (χ1n) is 18.7. The molecule has 50 heavy (non-hydrogen) atoms. The van der Waals surface area contributed by atoms with Gasteiger partial charge in [-0.05, 0) is 111 Å². The number of rotatable bonds is 11. The Hall–Kier alpha value is -4.86. The van der Waals surface area contributed by atoms with Crippen LogP contribution < -0.4 is 18.9 Å². The van der Waals surface area contributed by atoms with Crippen molar-refractivity contribution in [2.75, 3.05) is 36.0 Å². The second-order valence-electron chi connectivity index (χ2n) is 14.2. The third-order valence-corrected chi connectivity index (χ3v) is 10.8. The van der Waals surface area contributed by atoms with Crippen LogP contribution in [0.15, 0.2) is 81.5 Å². The maximum Gasteiger partial charge on any atom is 0.350 e. The van der Waals surface area contributed by atoms with Crippen molar-refractivity contribution in [3.05, 3.63) is 83.3 Å². The Morgan fingerprint density at radius 1 is 0.600 bits per heavy atom. The fourth-order valence-electron chi connectivity index (χ4n) is 8.40. The molecule has 2 aromatic carbocycles. The fourth-order valence-corrected chi connectivity index (χ4v) is 8.40. The fraction of sp³-hybridized carbons (Fsp3) is 0.450. The van der Waals surface area contributed by atoms with E-state index < -0.39 is 0 Å². The quantitative estimate of drug-likeness (QED) is 0.0953. The Bertz CT molecular complexity index is 1940.